The van der Waals surface area contributed by atoms with E-state index in [1.165, 1.54) is 11.6 Å². The maximum absolute atomic E-state index is 11.3. The smallest absolute Gasteiger partial charge is 0.243 e. The van der Waals surface area contributed by atoms with Crippen LogP contribution in [-0.2, 0) is 11.3 Å². The quantitative estimate of drug-likeness (QED) is 0.836. The molecule has 1 amide bonds. The van der Waals surface area contributed by atoms with Crippen LogP contribution in [0.25, 0.3) is 0 Å². The number of amides is 1. The van der Waals surface area contributed by atoms with Gasteiger partial charge in [-0.25, -0.2) is 0 Å². The molecule has 3 atom stereocenters. The summed E-state index contributed by atoms with van der Waals surface area (Å²) in [5, 5.41) is 11.8. The van der Waals surface area contributed by atoms with E-state index in [0.717, 1.165) is 19.6 Å². The molecule has 20 heavy (non-hydrogen) atoms. The first-order chi connectivity index (χ1) is 9.71. The SMILES string of the molecule is C=CC(=O)NC1[C@H]2CN(Cc3ccc(C#N)cc3)C[C@@H]12. The first-order valence-corrected chi connectivity index (χ1v) is 6.85. The van der Waals surface area contributed by atoms with Gasteiger partial charge in [-0.3, -0.25) is 9.69 Å². The number of likely N-dealkylation sites (tertiary alicyclic amines) is 1. The van der Waals surface area contributed by atoms with Gasteiger partial charge in [-0.05, 0) is 35.6 Å². The minimum Gasteiger partial charge on any atom is -0.349 e. The standard InChI is InChI=1S/C16H17N3O/c1-2-15(20)18-16-13-9-19(10-14(13)16)8-12-5-3-11(7-17)4-6-12/h2-6,13-14,16H,1,8-10H2,(H,18,20)/t13-,14+,16?. The Morgan fingerprint density at radius 1 is 1.40 bits per heavy atom. The van der Waals surface area contributed by atoms with Crippen LogP contribution in [0.1, 0.15) is 11.1 Å². The summed E-state index contributed by atoms with van der Waals surface area (Å²) in [5.74, 6) is 1.12. The van der Waals surface area contributed by atoms with Crippen LogP contribution in [0.15, 0.2) is 36.9 Å². The number of nitriles is 1. The van der Waals surface area contributed by atoms with Crippen molar-refractivity contribution in [1.29, 1.82) is 5.26 Å². The van der Waals surface area contributed by atoms with Gasteiger partial charge in [0.25, 0.3) is 0 Å². The number of fused-ring (bicyclic) bond motifs is 1. The van der Waals surface area contributed by atoms with Crippen LogP contribution in [0.4, 0.5) is 0 Å². The molecule has 1 heterocycles. The number of carbonyl (C=O) groups is 1. The monoisotopic (exact) mass is 267 g/mol. The Morgan fingerprint density at radius 3 is 2.60 bits per heavy atom. The van der Waals surface area contributed by atoms with Gasteiger partial charge in [0.2, 0.25) is 5.91 Å². The lowest BCUT2D eigenvalue weighted by Crippen LogP contribution is -2.33. The molecule has 1 aromatic rings. The third-order valence-electron chi connectivity index (χ3n) is 4.25. The number of nitrogens with zero attached hydrogens (tertiary/aromatic N) is 2. The molecule has 0 aromatic heterocycles. The summed E-state index contributed by atoms with van der Waals surface area (Å²) >= 11 is 0. The maximum atomic E-state index is 11.3. The maximum Gasteiger partial charge on any atom is 0.243 e. The highest BCUT2D eigenvalue weighted by Crippen LogP contribution is 2.45. The fourth-order valence-corrected chi connectivity index (χ4v) is 3.12. The van der Waals surface area contributed by atoms with E-state index in [4.69, 9.17) is 5.26 Å². The molecule has 0 radical (unpaired) electrons. The summed E-state index contributed by atoms with van der Waals surface area (Å²) in [7, 11) is 0. The Kier molecular flexibility index (Phi) is 3.29. The Bertz CT molecular complexity index is 560. The van der Waals surface area contributed by atoms with Gasteiger partial charge >= 0.3 is 0 Å². The minimum atomic E-state index is -0.0666. The van der Waals surface area contributed by atoms with E-state index in [1.54, 1.807) is 0 Å². The predicted octanol–water partition coefficient (Wildman–Crippen LogP) is 1.29. The molecule has 4 heteroatoms. The molecule has 1 aliphatic carbocycles. The Balaban J connectivity index is 1.50. The van der Waals surface area contributed by atoms with Crippen molar-refractivity contribution < 1.29 is 4.79 Å². The number of carbonyl (C=O) groups excluding carboxylic acids is 1. The zero-order valence-electron chi connectivity index (χ0n) is 11.2. The van der Waals surface area contributed by atoms with E-state index in [-0.39, 0.29) is 5.91 Å². The molecule has 1 N–H and O–H groups in total. The second-order valence-electron chi connectivity index (χ2n) is 5.57. The lowest BCUT2D eigenvalue weighted by atomic mass is 10.1. The second-order valence-corrected chi connectivity index (χ2v) is 5.57. The summed E-state index contributed by atoms with van der Waals surface area (Å²) in [6.45, 7) is 6.46. The minimum absolute atomic E-state index is 0.0666. The van der Waals surface area contributed by atoms with E-state index in [2.05, 4.69) is 22.9 Å². The largest absolute Gasteiger partial charge is 0.349 e. The van der Waals surface area contributed by atoms with E-state index in [9.17, 15) is 4.79 Å². The molecule has 1 saturated carbocycles. The van der Waals surface area contributed by atoms with Crippen LogP contribution >= 0.6 is 0 Å². The number of rotatable bonds is 4. The number of nitrogens with one attached hydrogen (secondary N) is 1. The molecule has 2 fully saturated rings. The Hall–Kier alpha value is -2.12. The second kappa shape index (κ2) is 5.10. The van der Waals surface area contributed by atoms with Crippen molar-refractivity contribution in [2.45, 2.75) is 12.6 Å². The summed E-state index contributed by atoms with van der Waals surface area (Å²) in [6, 6.07) is 10.2. The molecule has 4 nitrogen and oxygen atoms in total. The number of benzene rings is 1. The first-order valence-electron chi connectivity index (χ1n) is 6.85. The molecule has 0 spiro atoms. The summed E-state index contributed by atoms with van der Waals surface area (Å²) in [5.41, 5.74) is 1.93. The number of hydrogen-bond donors (Lipinski definition) is 1. The van der Waals surface area contributed by atoms with Gasteiger partial charge in [0.15, 0.2) is 0 Å². The topological polar surface area (TPSA) is 56.1 Å². The normalized spacial score (nSPS) is 27.4. The van der Waals surface area contributed by atoms with E-state index in [1.807, 2.05) is 24.3 Å². The molecule has 1 aromatic carbocycles. The molecule has 3 rings (SSSR count). The van der Waals surface area contributed by atoms with Crippen LogP contribution in [0.2, 0.25) is 0 Å². The first kappa shape index (κ1) is 12.9. The highest BCUT2D eigenvalue weighted by molar-refractivity contribution is 5.87. The summed E-state index contributed by atoms with van der Waals surface area (Å²) in [6.07, 6.45) is 1.34. The zero-order chi connectivity index (χ0) is 14.1. The highest BCUT2D eigenvalue weighted by Gasteiger charge is 2.55. The predicted molar refractivity (Wildman–Crippen MR) is 75.5 cm³/mol. The van der Waals surface area contributed by atoms with Gasteiger partial charge in [-0.1, -0.05) is 18.7 Å². The average Bonchev–Trinajstić information content (AvgIpc) is 2.92. The van der Waals surface area contributed by atoms with Gasteiger partial charge in [-0.15, -0.1) is 0 Å². The third kappa shape index (κ3) is 2.45. The van der Waals surface area contributed by atoms with Crippen molar-refractivity contribution in [3.63, 3.8) is 0 Å². The Morgan fingerprint density at radius 2 is 2.05 bits per heavy atom. The third-order valence-corrected chi connectivity index (χ3v) is 4.25. The van der Waals surface area contributed by atoms with Gasteiger partial charge in [0, 0.05) is 25.7 Å². The molecule has 1 aliphatic heterocycles. The van der Waals surface area contributed by atoms with Crippen molar-refractivity contribution in [2.75, 3.05) is 13.1 Å². The van der Waals surface area contributed by atoms with Crippen LogP contribution in [0.3, 0.4) is 0 Å². The fraction of sp³-hybridized carbons (Fsp3) is 0.375. The summed E-state index contributed by atoms with van der Waals surface area (Å²) < 4.78 is 0. The van der Waals surface area contributed by atoms with E-state index in [0.29, 0.717) is 23.4 Å². The molecular weight excluding hydrogens is 250 g/mol. The van der Waals surface area contributed by atoms with Crippen molar-refractivity contribution in [3.8, 4) is 6.07 Å². The van der Waals surface area contributed by atoms with Crippen LogP contribution in [0.5, 0.6) is 0 Å². The molecule has 0 bridgehead atoms. The molecular formula is C16H17N3O. The van der Waals surface area contributed by atoms with Gasteiger partial charge < -0.3 is 5.32 Å². The van der Waals surface area contributed by atoms with Crippen molar-refractivity contribution in [3.05, 3.63) is 48.0 Å². The van der Waals surface area contributed by atoms with E-state index >= 15 is 0 Å². The van der Waals surface area contributed by atoms with E-state index < -0.39 is 0 Å². The van der Waals surface area contributed by atoms with Crippen molar-refractivity contribution >= 4 is 5.91 Å². The van der Waals surface area contributed by atoms with Gasteiger partial charge in [0.1, 0.15) is 0 Å². The van der Waals surface area contributed by atoms with Crippen molar-refractivity contribution in [1.82, 2.24) is 10.2 Å². The highest BCUT2D eigenvalue weighted by atomic mass is 16.1. The van der Waals surface area contributed by atoms with Gasteiger partial charge in [0.05, 0.1) is 11.6 Å². The molecule has 102 valence electrons. The molecule has 1 unspecified atom stereocenters. The van der Waals surface area contributed by atoms with Crippen molar-refractivity contribution in [2.24, 2.45) is 11.8 Å². The zero-order valence-corrected chi connectivity index (χ0v) is 11.2. The average molecular weight is 267 g/mol. The number of hydrogen-bond acceptors (Lipinski definition) is 3. The van der Waals surface area contributed by atoms with Crippen LogP contribution < -0.4 is 5.32 Å². The van der Waals surface area contributed by atoms with Crippen LogP contribution in [-0.4, -0.2) is 29.9 Å². The Labute approximate surface area is 118 Å². The number of piperidine rings is 1. The molecule has 2 aliphatic rings. The lowest BCUT2D eigenvalue weighted by Gasteiger charge is -2.19. The van der Waals surface area contributed by atoms with Crippen LogP contribution in [0, 0.1) is 23.2 Å². The fourth-order valence-electron chi connectivity index (χ4n) is 3.12. The lowest BCUT2D eigenvalue weighted by molar-refractivity contribution is -0.116. The summed E-state index contributed by atoms with van der Waals surface area (Å²) in [4.78, 5) is 13.7. The van der Waals surface area contributed by atoms with Gasteiger partial charge in [-0.2, -0.15) is 5.26 Å². The molecule has 1 saturated heterocycles.